The first kappa shape index (κ1) is 16.8. The van der Waals surface area contributed by atoms with Crippen LogP contribution in [-0.4, -0.2) is 25.8 Å². The van der Waals surface area contributed by atoms with E-state index in [4.69, 9.17) is 5.73 Å². The van der Waals surface area contributed by atoms with Gasteiger partial charge in [-0.2, -0.15) is 4.31 Å². The summed E-state index contributed by atoms with van der Waals surface area (Å²) in [5, 5.41) is 0. The van der Waals surface area contributed by atoms with Crippen LogP contribution in [0.25, 0.3) is 0 Å². The first-order chi connectivity index (χ1) is 9.95. The van der Waals surface area contributed by atoms with E-state index in [9.17, 15) is 8.42 Å². The lowest BCUT2D eigenvalue weighted by molar-refractivity contribution is 0.400. The molecular formula is C15H23BrN2O2S. The number of nitrogen functional groups attached to an aromatic ring is 1. The zero-order chi connectivity index (χ0) is 15.5. The van der Waals surface area contributed by atoms with Crippen LogP contribution in [-0.2, 0) is 10.0 Å². The minimum atomic E-state index is -3.44. The van der Waals surface area contributed by atoms with E-state index in [-0.39, 0.29) is 0 Å². The molecule has 0 aliphatic carbocycles. The highest BCUT2D eigenvalue weighted by molar-refractivity contribution is 9.10. The van der Waals surface area contributed by atoms with Crippen LogP contribution in [0.3, 0.4) is 0 Å². The molecule has 0 radical (unpaired) electrons. The topological polar surface area (TPSA) is 63.4 Å². The van der Waals surface area contributed by atoms with Gasteiger partial charge in [-0.3, -0.25) is 0 Å². The average molecular weight is 375 g/mol. The van der Waals surface area contributed by atoms with Gasteiger partial charge < -0.3 is 5.73 Å². The molecule has 2 N–H and O–H groups in total. The molecule has 4 nitrogen and oxygen atoms in total. The lowest BCUT2D eigenvalue weighted by Gasteiger charge is -2.21. The van der Waals surface area contributed by atoms with E-state index in [0.717, 1.165) is 19.3 Å². The number of benzene rings is 1. The molecule has 0 spiro atoms. The van der Waals surface area contributed by atoms with Crippen molar-refractivity contribution < 1.29 is 8.42 Å². The average Bonchev–Trinajstić information content (AvgIpc) is 2.65. The number of rotatable bonds is 4. The van der Waals surface area contributed by atoms with Gasteiger partial charge in [-0.25, -0.2) is 8.42 Å². The highest BCUT2D eigenvalue weighted by atomic mass is 79.9. The van der Waals surface area contributed by atoms with Crippen LogP contribution in [0.1, 0.15) is 39.0 Å². The lowest BCUT2D eigenvalue weighted by atomic mass is 9.96. The van der Waals surface area contributed by atoms with Crippen molar-refractivity contribution in [3.05, 3.63) is 22.7 Å². The monoisotopic (exact) mass is 374 g/mol. The molecule has 1 aliphatic heterocycles. The Bertz CT molecular complexity index is 589. The fraction of sp³-hybridized carbons (Fsp3) is 0.600. The Kier molecular flexibility index (Phi) is 5.68. The van der Waals surface area contributed by atoms with Gasteiger partial charge in [0.2, 0.25) is 10.0 Å². The summed E-state index contributed by atoms with van der Waals surface area (Å²) in [4.78, 5) is 0.311. The summed E-state index contributed by atoms with van der Waals surface area (Å²) < 4.78 is 27.7. The highest BCUT2D eigenvalue weighted by Crippen LogP contribution is 2.30. The molecule has 6 heteroatoms. The van der Waals surface area contributed by atoms with Crippen molar-refractivity contribution >= 4 is 31.6 Å². The summed E-state index contributed by atoms with van der Waals surface area (Å²) in [6.07, 6.45) is 5.39. The summed E-state index contributed by atoms with van der Waals surface area (Å²) in [6, 6.07) is 4.86. The molecular weight excluding hydrogens is 352 g/mol. The van der Waals surface area contributed by atoms with Gasteiger partial charge in [-0.15, -0.1) is 0 Å². The Morgan fingerprint density at radius 1 is 1.33 bits per heavy atom. The van der Waals surface area contributed by atoms with Crippen molar-refractivity contribution in [1.29, 1.82) is 0 Å². The molecule has 1 aromatic carbocycles. The molecule has 0 saturated carbocycles. The Balaban J connectivity index is 2.19. The van der Waals surface area contributed by atoms with Crippen molar-refractivity contribution in [2.75, 3.05) is 18.8 Å². The van der Waals surface area contributed by atoms with Gasteiger partial charge >= 0.3 is 0 Å². The molecule has 1 atom stereocenters. The fourth-order valence-electron chi connectivity index (χ4n) is 2.94. The molecule has 0 bridgehead atoms. The van der Waals surface area contributed by atoms with Crippen LogP contribution in [0.5, 0.6) is 0 Å². The first-order valence-corrected chi connectivity index (χ1v) is 9.73. The smallest absolute Gasteiger partial charge is 0.244 e. The van der Waals surface area contributed by atoms with E-state index in [1.54, 1.807) is 22.5 Å². The first-order valence-electron chi connectivity index (χ1n) is 7.50. The third-order valence-electron chi connectivity index (χ3n) is 4.08. The summed E-state index contributed by atoms with van der Waals surface area (Å²) in [6.45, 7) is 3.41. The van der Waals surface area contributed by atoms with Crippen molar-refractivity contribution in [2.45, 2.75) is 43.9 Å². The van der Waals surface area contributed by atoms with Crippen molar-refractivity contribution in [3.63, 3.8) is 0 Å². The molecule has 118 valence electrons. The lowest BCUT2D eigenvalue weighted by Crippen LogP contribution is -2.32. The molecule has 1 unspecified atom stereocenters. The Morgan fingerprint density at radius 3 is 2.76 bits per heavy atom. The predicted octanol–water partition coefficient (Wildman–Crippen LogP) is 3.62. The number of halogens is 1. The van der Waals surface area contributed by atoms with E-state index in [2.05, 4.69) is 22.9 Å². The maximum Gasteiger partial charge on any atom is 0.244 e. The van der Waals surface area contributed by atoms with Gasteiger partial charge in [-0.1, -0.05) is 19.8 Å². The van der Waals surface area contributed by atoms with Crippen LogP contribution in [0.2, 0.25) is 0 Å². The third kappa shape index (κ3) is 3.99. The Hall–Kier alpha value is -0.590. The molecule has 0 aromatic heterocycles. The van der Waals surface area contributed by atoms with Crippen LogP contribution in [0.4, 0.5) is 5.69 Å². The minimum absolute atomic E-state index is 0.311. The maximum atomic E-state index is 12.8. The van der Waals surface area contributed by atoms with Crippen molar-refractivity contribution in [3.8, 4) is 0 Å². The number of nitrogens with two attached hydrogens (primary N) is 1. The molecule has 1 saturated heterocycles. The SMILES string of the molecule is CCCC1CCCN(S(=O)(=O)c2ccc(N)cc2Br)CC1. The van der Waals surface area contributed by atoms with Crippen LogP contribution < -0.4 is 5.73 Å². The van der Waals surface area contributed by atoms with Crippen molar-refractivity contribution in [1.82, 2.24) is 4.31 Å². The molecule has 1 heterocycles. The van der Waals surface area contributed by atoms with Gasteiger partial charge in [0.05, 0.1) is 4.90 Å². The Morgan fingerprint density at radius 2 is 2.10 bits per heavy atom. The molecule has 2 rings (SSSR count). The second kappa shape index (κ2) is 7.11. The summed E-state index contributed by atoms with van der Waals surface area (Å²) >= 11 is 3.32. The number of hydrogen-bond acceptors (Lipinski definition) is 3. The molecule has 21 heavy (non-hydrogen) atoms. The second-order valence-corrected chi connectivity index (χ2v) is 8.44. The molecule has 1 aliphatic rings. The minimum Gasteiger partial charge on any atom is -0.399 e. The Labute approximate surface area is 135 Å². The fourth-order valence-corrected chi connectivity index (χ4v) is 5.49. The molecule has 1 aromatic rings. The van der Waals surface area contributed by atoms with Gasteiger partial charge in [-0.05, 0) is 59.3 Å². The largest absolute Gasteiger partial charge is 0.399 e. The predicted molar refractivity (Wildman–Crippen MR) is 89.6 cm³/mol. The van der Waals surface area contributed by atoms with Gasteiger partial charge in [0.1, 0.15) is 0 Å². The van der Waals surface area contributed by atoms with E-state index >= 15 is 0 Å². The van der Waals surface area contributed by atoms with Gasteiger partial charge in [0.15, 0.2) is 0 Å². The van der Waals surface area contributed by atoms with E-state index in [1.165, 1.54) is 12.8 Å². The molecule has 0 amide bonds. The number of hydrogen-bond donors (Lipinski definition) is 1. The van der Waals surface area contributed by atoms with Crippen molar-refractivity contribution in [2.24, 2.45) is 5.92 Å². The zero-order valence-electron chi connectivity index (χ0n) is 12.4. The number of nitrogens with zero attached hydrogens (tertiary/aromatic N) is 1. The summed E-state index contributed by atoms with van der Waals surface area (Å²) in [5.41, 5.74) is 6.24. The second-order valence-electron chi connectivity index (χ2n) is 5.68. The van der Waals surface area contributed by atoms with Crippen LogP contribution >= 0.6 is 15.9 Å². The normalized spacial score (nSPS) is 21.1. The zero-order valence-corrected chi connectivity index (χ0v) is 14.8. The standard InChI is InChI=1S/C15H23BrN2O2S/c1-2-4-12-5-3-9-18(10-8-12)21(19,20)15-7-6-13(17)11-14(15)16/h6-7,11-12H,2-5,8-10,17H2,1H3. The van der Waals surface area contributed by atoms with Crippen LogP contribution in [0, 0.1) is 5.92 Å². The molecule has 1 fully saturated rings. The van der Waals surface area contributed by atoms with Crippen LogP contribution in [0.15, 0.2) is 27.6 Å². The summed E-state index contributed by atoms with van der Waals surface area (Å²) in [7, 11) is -3.44. The maximum absolute atomic E-state index is 12.8. The third-order valence-corrected chi connectivity index (χ3v) is 6.95. The highest BCUT2D eigenvalue weighted by Gasteiger charge is 2.28. The number of anilines is 1. The van der Waals surface area contributed by atoms with E-state index in [1.807, 2.05) is 0 Å². The van der Waals surface area contributed by atoms with Gasteiger partial charge in [0.25, 0.3) is 0 Å². The number of sulfonamides is 1. The quantitative estimate of drug-likeness (QED) is 0.818. The van der Waals surface area contributed by atoms with Gasteiger partial charge in [0, 0.05) is 23.2 Å². The van der Waals surface area contributed by atoms with E-state index in [0.29, 0.717) is 34.1 Å². The summed E-state index contributed by atoms with van der Waals surface area (Å²) in [5.74, 6) is 0.657. The van der Waals surface area contributed by atoms with E-state index < -0.39 is 10.0 Å².